The quantitative estimate of drug-likeness (QED) is 0.0387. The molecule has 0 aromatic rings. The van der Waals surface area contributed by atoms with Crippen molar-refractivity contribution in [1.29, 1.82) is 0 Å². The van der Waals surface area contributed by atoms with Gasteiger partial charge in [-0.3, -0.25) is 47.9 Å². The number of hydrogen-bond acceptors (Lipinski definition) is 14. The van der Waals surface area contributed by atoms with Gasteiger partial charge in [-0.1, -0.05) is 103 Å². The predicted molar refractivity (Wildman–Crippen MR) is 336 cm³/mol. The van der Waals surface area contributed by atoms with Crippen molar-refractivity contribution in [2.24, 2.45) is 47.2 Å². The Morgan fingerprint density at radius 3 is 1.30 bits per heavy atom. The summed E-state index contributed by atoms with van der Waals surface area (Å²) in [5.74, 6) is -5.52. The van der Waals surface area contributed by atoms with Crippen molar-refractivity contribution in [2.45, 2.75) is 222 Å². The lowest BCUT2D eigenvalue weighted by atomic mass is 9.92. The van der Waals surface area contributed by atoms with Gasteiger partial charge in [0.25, 0.3) is 0 Å². The molecule has 25 heteroatoms. The highest BCUT2D eigenvalue weighted by atomic mass is 16.4. The highest BCUT2D eigenvalue weighted by Crippen LogP contribution is 2.25. The Bertz CT molecular complexity index is 2440. The van der Waals surface area contributed by atoms with E-state index in [2.05, 4.69) is 21.9 Å². The Morgan fingerprint density at radius 1 is 0.477 bits per heavy atom. The topological polar surface area (TPSA) is 330 Å². The number of carbonyl (C=O) groups is 12. The molecule has 25 nitrogen and oxygen atoms in total. The van der Waals surface area contributed by atoms with E-state index in [1.54, 1.807) is 41.5 Å². The van der Waals surface area contributed by atoms with Crippen LogP contribution in [0.3, 0.4) is 0 Å². The number of nitrogens with zero attached hydrogens (tertiary/aromatic N) is 7. The van der Waals surface area contributed by atoms with Gasteiger partial charge in [0.05, 0.1) is 18.6 Å². The maximum Gasteiger partial charge on any atom is 0.381 e. The number of aldehydes is 1. The fourth-order valence-corrected chi connectivity index (χ4v) is 10.4. The summed E-state index contributed by atoms with van der Waals surface area (Å²) in [5.41, 5.74) is 5.95. The lowest BCUT2D eigenvalue weighted by molar-refractivity contribution is -0.156. The Hall–Kier alpha value is -6.68. The number of likely N-dealkylation sites (N-methyl/N-ethyl adjacent to an activating group) is 7. The number of carbonyl (C=O) groups excluding carboxylic acids is 11. The molecule has 0 aromatic carbocycles. The van der Waals surface area contributed by atoms with Crippen molar-refractivity contribution in [2.75, 3.05) is 55.9 Å². The maximum absolute atomic E-state index is 15.1. The number of aliphatic carboxylic acids is 1. The molecule has 0 spiro atoms. The smallest absolute Gasteiger partial charge is 0.381 e. The molecule has 0 saturated carbocycles. The molecule has 3 unspecified atom stereocenters. The van der Waals surface area contributed by atoms with Gasteiger partial charge in [-0.25, -0.2) is 4.79 Å². The van der Waals surface area contributed by atoms with Gasteiger partial charge in [0.2, 0.25) is 59.1 Å². The van der Waals surface area contributed by atoms with Crippen LogP contribution in [0, 0.1) is 53.3 Å². The molecule has 0 aliphatic heterocycles. The van der Waals surface area contributed by atoms with E-state index in [9.17, 15) is 57.8 Å². The lowest BCUT2D eigenvalue weighted by Crippen LogP contribution is -2.61. The summed E-state index contributed by atoms with van der Waals surface area (Å²) in [6.45, 7) is 27.6. The number of aliphatic hydroxyl groups excluding tert-OH is 1. The highest BCUT2D eigenvalue weighted by Gasteiger charge is 2.44. The van der Waals surface area contributed by atoms with Gasteiger partial charge in [-0.2, -0.15) is 0 Å². The first-order chi connectivity index (χ1) is 40.5. The monoisotopic (exact) mass is 1250 g/mol. The van der Waals surface area contributed by atoms with Crippen molar-refractivity contribution in [3.8, 4) is 11.8 Å². The molecule has 0 heterocycles. The molecule has 0 rings (SSSR count). The number of nitrogens with one attached hydrogen (secondary N) is 3. The predicted octanol–water partition coefficient (Wildman–Crippen LogP) is 2.20. The third-order valence-corrected chi connectivity index (χ3v) is 15.6. The molecular formula is C63H111N11O14. The molecule has 0 aliphatic rings. The highest BCUT2D eigenvalue weighted by molar-refractivity contribution is 5.98. The molecule has 0 aliphatic carbocycles. The van der Waals surface area contributed by atoms with Crippen LogP contribution >= 0.6 is 0 Å². The van der Waals surface area contributed by atoms with Crippen molar-refractivity contribution in [3.05, 3.63) is 0 Å². The standard InChI is InChI=1S/C63H111N11O14/c1-24-45(59(84)68(17)33-51(77)69(18)46(27-35(2)3)57(82)67-53(39(10)11)62(87)70(19)47(28-36(4)5)55(80)65-42(15)34-75)66-56(81)48(32-41(14)31-44(76)25-26-52(78)79)71(20)63(88)54(40(12)13)74(23)61(86)50(30-38(8)9)73(22)60(85)49(29-37(6)7)72(21)58(83)43(16)64/h34-50,53-54,76H,24,27-33,64H2,1-23H3,(H,65,80)(H,66,81)(H,67,82)(H,78,79)/t41-,42+,43+,44?,45+,46+,47+,48?,49?,50+,53+,54+/m0/s1. The molecule has 7 N–H and O–H groups in total. The fraction of sp³-hybridized carbons (Fsp3) is 0.778. The second-order valence-corrected chi connectivity index (χ2v) is 26.3. The van der Waals surface area contributed by atoms with E-state index in [1.165, 1.54) is 87.7 Å². The molecule has 0 fully saturated rings. The molecular weight excluding hydrogens is 1130 g/mol. The first-order valence-corrected chi connectivity index (χ1v) is 30.9. The van der Waals surface area contributed by atoms with Crippen LogP contribution in [0.4, 0.5) is 0 Å². The van der Waals surface area contributed by atoms with E-state index in [4.69, 9.17) is 10.8 Å². The van der Waals surface area contributed by atoms with Crippen molar-refractivity contribution in [1.82, 2.24) is 50.2 Å². The zero-order valence-corrected chi connectivity index (χ0v) is 57.1. The minimum absolute atomic E-state index is 0.00181. The van der Waals surface area contributed by atoms with E-state index >= 15 is 4.79 Å². The summed E-state index contributed by atoms with van der Waals surface area (Å²) in [6, 6.07) is -10.9. The Labute approximate surface area is 524 Å². The number of nitrogens with two attached hydrogens (primary N) is 1. The van der Waals surface area contributed by atoms with Crippen molar-refractivity contribution < 1.29 is 67.7 Å². The first-order valence-electron chi connectivity index (χ1n) is 30.9. The van der Waals surface area contributed by atoms with Crippen molar-refractivity contribution in [3.63, 3.8) is 0 Å². The third kappa shape index (κ3) is 25.4. The number of amides is 10. The number of carboxylic acid groups (broad SMARTS) is 1. The second-order valence-electron chi connectivity index (χ2n) is 26.3. The molecule has 502 valence electrons. The summed E-state index contributed by atoms with van der Waals surface area (Å²) in [4.78, 5) is 174. The van der Waals surface area contributed by atoms with Gasteiger partial charge in [-0.15, -0.1) is 0 Å². The summed E-state index contributed by atoms with van der Waals surface area (Å²) < 4.78 is 0. The lowest BCUT2D eigenvalue weighted by Gasteiger charge is -2.41. The largest absolute Gasteiger partial charge is 0.472 e. The van der Waals surface area contributed by atoms with E-state index in [0.717, 1.165) is 9.80 Å². The van der Waals surface area contributed by atoms with E-state index < -0.39 is 156 Å². The van der Waals surface area contributed by atoms with Gasteiger partial charge >= 0.3 is 5.97 Å². The van der Waals surface area contributed by atoms with E-state index in [0.29, 0.717) is 6.29 Å². The zero-order chi connectivity index (χ0) is 68.7. The average molecular weight is 1250 g/mol. The summed E-state index contributed by atoms with van der Waals surface area (Å²) >= 11 is 0. The van der Waals surface area contributed by atoms with Gasteiger partial charge in [-0.05, 0) is 100 Å². The second kappa shape index (κ2) is 38.0. The molecule has 0 aromatic heterocycles. The van der Waals surface area contributed by atoms with Gasteiger partial charge < -0.3 is 71.0 Å². The average Bonchev–Trinajstić information content (AvgIpc) is 3.43. The van der Waals surface area contributed by atoms with Crippen LogP contribution in [0.25, 0.3) is 0 Å². The van der Waals surface area contributed by atoms with Crippen LogP contribution < -0.4 is 21.7 Å². The molecule has 10 amide bonds. The van der Waals surface area contributed by atoms with Crippen LogP contribution in [0.5, 0.6) is 0 Å². The van der Waals surface area contributed by atoms with Gasteiger partial charge in [0.15, 0.2) is 0 Å². The van der Waals surface area contributed by atoms with Gasteiger partial charge in [0, 0.05) is 55.3 Å². The van der Waals surface area contributed by atoms with Crippen LogP contribution in [0.15, 0.2) is 0 Å². The Kier molecular flexibility index (Phi) is 35.1. The SMILES string of the molecule is CC[C@@H](NC(=O)C(C[C@@H](C)CC(O)C#CC(=O)O)N(C)C(=O)[C@@H](C(C)C)N(C)C(=O)[C@@H](CC(C)C)N(C)C(=O)C(CC(C)C)N(C)C(=O)[C@@H](C)N)C(=O)N(C)CC(=O)N(C)[C@H](CC(C)C)C(=O)N[C@@H](C(=O)N(C)[C@H](CC(C)C)C(=O)N[C@H](C)C=O)C(C)C. The van der Waals surface area contributed by atoms with E-state index in [1.807, 2.05) is 61.3 Å². The molecule has 12 atom stereocenters. The maximum atomic E-state index is 15.1. The minimum Gasteiger partial charge on any atom is -0.472 e. The summed E-state index contributed by atoms with van der Waals surface area (Å²) in [6.07, 6.45) is -0.288. The van der Waals surface area contributed by atoms with Gasteiger partial charge in [0.1, 0.15) is 60.7 Å². The van der Waals surface area contributed by atoms with Crippen LogP contribution in [-0.4, -0.2) is 238 Å². The van der Waals surface area contributed by atoms with Crippen LogP contribution in [0.2, 0.25) is 0 Å². The van der Waals surface area contributed by atoms with Crippen LogP contribution in [-0.2, 0) is 57.5 Å². The number of rotatable bonds is 36. The fourth-order valence-electron chi connectivity index (χ4n) is 10.4. The Balaban J connectivity index is 7.25. The molecule has 0 saturated heterocycles. The molecule has 0 bridgehead atoms. The first kappa shape index (κ1) is 81.3. The molecule has 88 heavy (non-hydrogen) atoms. The summed E-state index contributed by atoms with van der Waals surface area (Å²) in [7, 11) is 9.98. The minimum atomic E-state index is -1.47. The zero-order valence-electron chi connectivity index (χ0n) is 57.1. The van der Waals surface area contributed by atoms with E-state index in [-0.39, 0.29) is 68.6 Å². The Morgan fingerprint density at radius 2 is 0.875 bits per heavy atom. The summed E-state index contributed by atoms with van der Waals surface area (Å²) in [5, 5.41) is 28.0. The van der Waals surface area contributed by atoms with Crippen molar-refractivity contribution >= 4 is 71.3 Å². The number of hydrogen-bond donors (Lipinski definition) is 6. The number of aliphatic hydroxyl groups is 1. The third-order valence-electron chi connectivity index (χ3n) is 15.6. The number of carboxylic acids is 1. The normalized spacial score (nSPS) is 15.6. The molecule has 0 radical (unpaired) electrons. The van der Waals surface area contributed by atoms with Crippen LogP contribution in [0.1, 0.15) is 156 Å².